The molecule has 2 aromatic rings. The van der Waals surface area contributed by atoms with Gasteiger partial charge >= 0.3 is 0 Å². The van der Waals surface area contributed by atoms with Crippen LogP contribution in [0.15, 0.2) is 48.5 Å². The summed E-state index contributed by atoms with van der Waals surface area (Å²) in [6.45, 7) is 0.590. The molecular formula is C16H19NO2. The maximum Gasteiger partial charge on any atom is 0.160 e. The molecule has 2 rings (SSSR count). The van der Waals surface area contributed by atoms with Crippen LogP contribution in [0.2, 0.25) is 0 Å². The maximum absolute atomic E-state index is 9.59. The third-order valence-corrected chi connectivity index (χ3v) is 3.28. The summed E-state index contributed by atoms with van der Waals surface area (Å²) in [5, 5.41) is 9.59. The van der Waals surface area contributed by atoms with Gasteiger partial charge in [0.05, 0.1) is 7.11 Å². The van der Waals surface area contributed by atoms with Crippen molar-refractivity contribution in [3.63, 3.8) is 0 Å². The van der Waals surface area contributed by atoms with E-state index >= 15 is 0 Å². The van der Waals surface area contributed by atoms with Gasteiger partial charge in [0.1, 0.15) is 0 Å². The number of phenols is 1. The standard InChI is InChI=1S/C16H19NO2/c1-19-16-10-12(7-8-15(16)18)9-14(11-17)13-5-3-2-4-6-13/h2-8,10,14,18H,9,11,17H2,1H3. The minimum atomic E-state index is 0.162. The molecule has 1 unspecified atom stereocenters. The van der Waals surface area contributed by atoms with E-state index < -0.39 is 0 Å². The van der Waals surface area contributed by atoms with Gasteiger partial charge in [0.2, 0.25) is 0 Å². The third kappa shape index (κ3) is 3.26. The van der Waals surface area contributed by atoms with Gasteiger partial charge in [0, 0.05) is 5.92 Å². The molecule has 0 saturated heterocycles. The van der Waals surface area contributed by atoms with Crippen LogP contribution >= 0.6 is 0 Å². The van der Waals surface area contributed by atoms with Crippen molar-refractivity contribution in [1.29, 1.82) is 0 Å². The fraction of sp³-hybridized carbons (Fsp3) is 0.250. The van der Waals surface area contributed by atoms with Crippen LogP contribution in [0.3, 0.4) is 0 Å². The minimum Gasteiger partial charge on any atom is -0.504 e. The van der Waals surface area contributed by atoms with Gasteiger partial charge in [-0.15, -0.1) is 0 Å². The van der Waals surface area contributed by atoms with E-state index in [0.717, 1.165) is 12.0 Å². The Bertz CT molecular complexity index is 526. The molecular weight excluding hydrogens is 238 g/mol. The SMILES string of the molecule is COc1cc(CC(CN)c2ccccc2)ccc1O. The second kappa shape index (κ2) is 6.25. The highest BCUT2D eigenvalue weighted by molar-refractivity contribution is 5.42. The summed E-state index contributed by atoms with van der Waals surface area (Å²) < 4.78 is 5.13. The van der Waals surface area contributed by atoms with Crippen LogP contribution < -0.4 is 10.5 Å². The molecule has 0 bridgehead atoms. The van der Waals surface area contributed by atoms with E-state index in [0.29, 0.717) is 12.3 Å². The van der Waals surface area contributed by atoms with E-state index in [9.17, 15) is 5.11 Å². The Morgan fingerprint density at radius 1 is 1.16 bits per heavy atom. The number of hydrogen-bond donors (Lipinski definition) is 2. The van der Waals surface area contributed by atoms with Crippen LogP contribution in [-0.2, 0) is 6.42 Å². The van der Waals surface area contributed by atoms with Crippen molar-refractivity contribution < 1.29 is 9.84 Å². The van der Waals surface area contributed by atoms with E-state index in [1.165, 1.54) is 5.56 Å². The monoisotopic (exact) mass is 257 g/mol. The number of nitrogens with two attached hydrogens (primary N) is 1. The summed E-state index contributed by atoms with van der Waals surface area (Å²) in [5.41, 5.74) is 8.21. The Hall–Kier alpha value is -2.00. The molecule has 3 heteroatoms. The molecule has 3 N–H and O–H groups in total. The van der Waals surface area contributed by atoms with Gasteiger partial charge in [-0.2, -0.15) is 0 Å². The highest BCUT2D eigenvalue weighted by atomic mass is 16.5. The quantitative estimate of drug-likeness (QED) is 0.866. The van der Waals surface area contributed by atoms with Crippen LogP contribution in [0, 0.1) is 0 Å². The maximum atomic E-state index is 9.59. The Labute approximate surface area is 113 Å². The summed E-state index contributed by atoms with van der Waals surface area (Å²) in [4.78, 5) is 0. The highest BCUT2D eigenvalue weighted by Gasteiger charge is 2.11. The van der Waals surface area contributed by atoms with Crippen LogP contribution in [0.25, 0.3) is 0 Å². The largest absolute Gasteiger partial charge is 0.504 e. The summed E-state index contributed by atoms with van der Waals surface area (Å²) in [6, 6.07) is 15.7. The van der Waals surface area contributed by atoms with E-state index in [2.05, 4.69) is 12.1 Å². The average Bonchev–Trinajstić information content (AvgIpc) is 2.47. The second-order valence-electron chi connectivity index (χ2n) is 4.55. The molecule has 19 heavy (non-hydrogen) atoms. The predicted molar refractivity (Wildman–Crippen MR) is 76.6 cm³/mol. The van der Waals surface area contributed by atoms with Crippen molar-refractivity contribution in [3.05, 3.63) is 59.7 Å². The summed E-state index contributed by atoms with van der Waals surface area (Å²) in [7, 11) is 1.55. The van der Waals surface area contributed by atoms with E-state index in [-0.39, 0.29) is 11.7 Å². The minimum absolute atomic E-state index is 0.162. The summed E-state index contributed by atoms with van der Waals surface area (Å²) >= 11 is 0. The van der Waals surface area contributed by atoms with Crippen LogP contribution in [0.4, 0.5) is 0 Å². The van der Waals surface area contributed by atoms with Crippen molar-refractivity contribution in [1.82, 2.24) is 0 Å². The number of ether oxygens (including phenoxy) is 1. The van der Waals surface area contributed by atoms with Gasteiger partial charge in [-0.3, -0.25) is 0 Å². The van der Waals surface area contributed by atoms with Gasteiger partial charge in [-0.1, -0.05) is 36.4 Å². The van der Waals surface area contributed by atoms with E-state index in [4.69, 9.17) is 10.5 Å². The van der Waals surface area contributed by atoms with Crippen LogP contribution in [-0.4, -0.2) is 18.8 Å². The first-order valence-corrected chi connectivity index (χ1v) is 6.35. The number of rotatable bonds is 5. The summed E-state index contributed by atoms with van der Waals surface area (Å²) in [5.74, 6) is 0.937. The number of methoxy groups -OCH3 is 1. The fourth-order valence-corrected chi connectivity index (χ4v) is 2.20. The smallest absolute Gasteiger partial charge is 0.160 e. The molecule has 100 valence electrons. The number of benzene rings is 2. The fourth-order valence-electron chi connectivity index (χ4n) is 2.20. The van der Waals surface area contributed by atoms with Crippen LogP contribution in [0.1, 0.15) is 17.0 Å². The molecule has 0 aliphatic carbocycles. The Balaban J connectivity index is 2.19. The molecule has 0 aliphatic rings. The highest BCUT2D eigenvalue weighted by Crippen LogP contribution is 2.28. The molecule has 0 aromatic heterocycles. The molecule has 0 radical (unpaired) electrons. The van der Waals surface area contributed by atoms with E-state index in [1.807, 2.05) is 30.3 Å². The van der Waals surface area contributed by atoms with Crippen molar-refractivity contribution in [2.45, 2.75) is 12.3 Å². The van der Waals surface area contributed by atoms with Gasteiger partial charge in [0.15, 0.2) is 11.5 Å². The molecule has 0 amide bonds. The molecule has 0 heterocycles. The van der Waals surface area contributed by atoms with E-state index in [1.54, 1.807) is 13.2 Å². The zero-order chi connectivity index (χ0) is 13.7. The zero-order valence-corrected chi connectivity index (χ0v) is 11.0. The van der Waals surface area contributed by atoms with Crippen molar-refractivity contribution in [2.75, 3.05) is 13.7 Å². The first-order valence-electron chi connectivity index (χ1n) is 6.35. The van der Waals surface area contributed by atoms with Gasteiger partial charge in [-0.25, -0.2) is 0 Å². The molecule has 0 saturated carbocycles. The topological polar surface area (TPSA) is 55.5 Å². The molecule has 0 aliphatic heterocycles. The van der Waals surface area contributed by atoms with Crippen molar-refractivity contribution in [3.8, 4) is 11.5 Å². The molecule has 0 spiro atoms. The lowest BCUT2D eigenvalue weighted by Gasteiger charge is -2.16. The predicted octanol–water partition coefficient (Wildman–Crippen LogP) is 2.69. The Kier molecular flexibility index (Phi) is 4.42. The average molecular weight is 257 g/mol. The number of aromatic hydroxyl groups is 1. The lowest BCUT2D eigenvalue weighted by atomic mass is 9.92. The molecule has 1 atom stereocenters. The Morgan fingerprint density at radius 2 is 1.89 bits per heavy atom. The Morgan fingerprint density at radius 3 is 2.53 bits per heavy atom. The molecule has 2 aromatic carbocycles. The number of phenolic OH excluding ortho intramolecular Hbond substituents is 1. The molecule has 3 nitrogen and oxygen atoms in total. The van der Waals surface area contributed by atoms with Gasteiger partial charge in [-0.05, 0) is 36.2 Å². The van der Waals surface area contributed by atoms with Crippen molar-refractivity contribution in [2.24, 2.45) is 5.73 Å². The first-order chi connectivity index (χ1) is 9.24. The van der Waals surface area contributed by atoms with Crippen molar-refractivity contribution >= 4 is 0 Å². The third-order valence-electron chi connectivity index (χ3n) is 3.28. The second-order valence-corrected chi connectivity index (χ2v) is 4.55. The normalized spacial score (nSPS) is 12.1. The van der Waals surface area contributed by atoms with Gasteiger partial charge < -0.3 is 15.6 Å². The molecule has 0 fully saturated rings. The lowest BCUT2D eigenvalue weighted by Crippen LogP contribution is -2.15. The number of hydrogen-bond acceptors (Lipinski definition) is 3. The zero-order valence-electron chi connectivity index (χ0n) is 11.0. The first kappa shape index (κ1) is 13.4. The van der Waals surface area contributed by atoms with Gasteiger partial charge in [0.25, 0.3) is 0 Å². The summed E-state index contributed by atoms with van der Waals surface area (Å²) in [6.07, 6.45) is 0.831. The lowest BCUT2D eigenvalue weighted by molar-refractivity contribution is 0.373. The van der Waals surface area contributed by atoms with Crippen LogP contribution in [0.5, 0.6) is 11.5 Å².